The highest BCUT2D eigenvalue weighted by atomic mass is 79.9. The second-order valence-electron chi connectivity index (χ2n) is 4.72. The number of nitrogens with one attached hydrogen (secondary N) is 1. The van der Waals surface area contributed by atoms with Crippen molar-refractivity contribution < 1.29 is 0 Å². The Labute approximate surface area is 149 Å². The van der Waals surface area contributed by atoms with Gasteiger partial charge in [-0.25, -0.2) is 0 Å². The molecule has 1 N–H and O–H groups in total. The number of hydrogen-bond acceptors (Lipinski definition) is 2. The van der Waals surface area contributed by atoms with Gasteiger partial charge in [0.1, 0.15) is 0 Å². The predicted octanol–water partition coefficient (Wildman–Crippen LogP) is 6.35. The van der Waals surface area contributed by atoms with Gasteiger partial charge in [-0.3, -0.25) is 0 Å². The maximum atomic E-state index is 3.61. The van der Waals surface area contributed by atoms with Crippen molar-refractivity contribution in [3.05, 3.63) is 52.5 Å². The van der Waals surface area contributed by atoms with Crippen LogP contribution in [-0.4, -0.2) is 6.54 Å². The Morgan fingerprint density at radius 2 is 1.75 bits per heavy atom. The number of halogens is 3. The number of thiophene rings is 1. The van der Waals surface area contributed by atoms with Crippen molar-refractivity contribution in [3.63, 3.8) is 0 Å². The molecule has 0 spiro atoms. The van der Waals surface area contributed by atoms with Crippen LogP contribution in [0.2, 0.25) is 0 Å². The lowest BCUT2D eigenvalue weighted by Gasteiger charge is -2.20. The summed E-state index contributed by atoms with van der Waals surface area (Å²) in [6, 6.07) is 6.90. The molecule has 1 aromatic carbocycles. The molecule has 5 heteroatoms. The molecule has 0 aliphatic rings. The minimum atomic E-state index is 0.236. The molecule has 1 unspecified atom stereocenters. The highest BCUT2D eigenvalue weighted by molar-refractivity contribution is 9.13. The zero-order chi connectivity index (χ0) is 14.9. The lowest BCUT2D eigenvalue weighted by molar-refractivity contribution is 0.636. The first-order valence-electron chi connectivity index (χ1n) is 6.38. The highest BCUT2D eigenvalue weighted by Crippen LogP contribution is 2.39. The highest BCUT2D eigenvalue weighted by Gasteiger charge is 2.19. The fraction of sp³-hybridized carbons (Fsp3) is 0.333. The third-order valence-electron chi connectivity index (χ3n) is 3.22. The summed E-state index contributed by atoms with van der Waals surface area (Å²) in [6.07, 6.45) is 0. The smallest absolute Gasteiger partial charge is 0.0843 e. The van der Waals surface area contributed by atoms with Gasteiger partial charge in [-0.2, -0.15) is 0 Å². The third kappa shape index (κ3) is 3.55. The Balaban J connectivity index is 2.50. The van der Waals surface area contributed by atoms with Crippen LogP contribution in [-0.2, 0) is 0 Å². The maximum Gasteiger partial charge on any atom is 0.0843 e. The van der Waals surface area contributed by atoms with E-state index in [1.807, 2.05) is 0 Å². The van der Waals surface area contributed by atoms with Gasteiger partial charge in [0.25, 0.3) is 0 Å². The van der Waals surface area contributed by atoms with E-state index in [0.29, 0.717) is 0 Å². The number of rotatable bonds is 4. The first-order valence-corrected chi connectivity index (χ1v) is 9.58. The average Bonchev–Trinajstić information content (AvgIpc) is 2.71. The van der Waals surface area contributed by atoms with Gasteiger partial charge >= 0.3 is 0 Å². The molecule has 0 bridgehead atoms. The van der Waals surface area contributed by atoms with Gasteiger partial charge < -0.3 is 5.32 Å². The molecule has 0 aliphatic heterocycles. The van der Waals surface area contributed by atoms with E-state index in [9.17, 15) is 0 Å². The molecule has 0 radical (unpaired) electrons. The van der Waals surface area contributed by atoms with E-state index in [1.165, 1.54) is 26.0 Å². The van der Waals surface area contributed by atoms with Crippen LogP contribution in [0.4, 0.5) is 0 Å². The minimum Gasteiger partial charge on any atom is -0.306 e. The van der Waals surface area contributed by atoms with Crippen LogP contribution < -0.4 is 5.32 Å². The molecule has 20 heavy (non-hydrogen) atoms. The first-order chi connectivity index (χ1) is 9.43. The lowest BCUT2D eigenvalue weighted by atomic mass is 9.98. The molecule has 0 aliphatic carbocycles. The van der Waals surface area contributed by atoms with Crippen LogP contribution in [0.15, 0.2) is 30.9 Å². The molecule has 108 valence electrons. The van der Waals surface area contributed by atoms with E-state index in [1.54, 1.807) is 11.3 Å². The molecular weight excluding hydrogens is 466 g/mol. The fourth-order valence-corrected chi connectivity index (χ4v) is 4.83. The van der Waals surface area contributed by atoms with Gasteiger partial charge in [0, 0.05) is 13.8 Å². The average molecular weight is 482 g/mol. The Morgan fingerprint density at radius 3 is 2.30 bits per heavy atom. The first kappa shape index (κ1) is 16.7. The molecule has 0 saturated heterocycles. The van der Waals surface area contributed by atoms with Crippen molar-refractivity contribution in [2.75, 3.05) is 6.54 Å². The molecule has 0 amide bonds. The van der Waals surface area contributed by atoms with Crippen LogP contribution in [0.5, 0.6) is 0 Å². The zero-order valence-corrected chi connectivity index (χ0v) is 17.1. The van der Waals surface area contributed by atoms with Crippen LogP contribution in [0.1, 0.15) is 34.5 Å². The molecule has 2 rings (SSSR count). The van der Waals surface area contributed by atoms with E-state index < -0.39 is 0 Å². The summed E-state index contributed by atoms with van der Waals surface area (Å²) in [7, 11) is 0. The van der Waals surface area contributed by atoms with Crippen molar-refractivity contribution in [1.82, 2.24) is 5.32 Å². The van der Waals surface area contributed by atoms with Gasteiger partial charge in [0.15, 0.2) is 0 Å². The second kappa shape index (κ2) is 7.05. The van der Waals surface area contributed by atoms with Crippen LogP contribution in [0, 0.1) is 13.8 Å². The van der Waals surface area contributed by atoms with Crippen LogP contribution in [0.3, 0.4) is 0 Å². The molecule has 1 nitrogen and oxygen atoms in total. The van der Waals surface area contributed by atoms with Crippen molar-refractivity contribution in [2.45, 2.75) is 26.8 Å². The molecule has 0 fully saturated rings. The number of hydrogen-bond donors (Lipinski definition) is 1. The third-order valence-corrected chi connectivity index (χ3v) is 7.39. The summed E-state index contributed by atoms with van der Waals surface area (Å²) in [5.41, 5.74) is 3.91. The molecule has 1 atom stereocenters. The minimum absolute atomic E-state index is 0.236. The SMILES string of the molecule is CCNC(c1cc(Br)c(Br)s1)c1cc(C)c(Br)cc1C. The molecular formula is C15H16Br3NS. The van der Waals surface area contributed by atoms with E-state index in [4.69, 9.17) is 0 Å². The summed E-state index contributed by atoms with van der Waals surface area (Å²) in [6.45, 7) is 7.38. The molecule has 2 aromatic rings. The van der Waals surface area contributed by atoms with E-state index in [2.05, 4.69) is 92.1 Å². The Morgan fingerprint density at radius 1 is 1.05 bits per heavy atom. The Bertz CT molecular complexity index is 602. The van der Waals surface area contributed by atoms with E-state index in [-0.39, 0.29) is 6.04 Å². The Hall–Kier alpha value is 0.320. The molecule has 1 heterocycles. The summed E-state index contributed by atoms with van der Waals surface area (Å²) in [5, 5.41) is 3.60. The van der Waals surface area contributed by atoms with E-state index >= 15 is 0 Å². The van der Waals surface area contributed by atoms with Gasteiger partial charge in [-0.1, -0.05) is 28.9 Å². The number of benzene rings is 1. The van der Waals surface area contributed by atoms with E-state index in [0.717, 1.165) is 14.8 Å². The summed E-state index contributed by atoms with van der Waals surface area (Å²) >= 11 is 12.5. The lowest BCUT2D eigenvalue weighted by Crippen LogP contribution is -2.22. The summed E-state index contributed by atoms with van der Waals surface area (Å²) in [5.74, 6) is 0. The molecule has 0 saturated carbocycles. The summed E-state index contributed by atoms with van der Waals surface area (Å²) < 4.78 is 3.43. The predicted molar refractivity (Wildman–Crippen MR) is 98.9 cm³/mol. The van der Waals surface area contributed by atoms with Gasteiger partial charge in [-0.05, 0) is 81.1 Å². The second-order valence-corrected chi connectivity index (χ2v) is 8.83. The van der Waals surface area contributed by atoms with Crippen molar-refractivity contribution in [3.8, 4) is 0 Å². The largest absolute Gasteiger partial charge is 0.306 e. The molecule has 1 aromatic heterocycles. The zero-order valence-electron chi connectivity index (χ0n) is 11.6. The van der Waals surface area contributed by atoms with Gasteiger partial charge in [0.2, 0.25) is 0 Å². The van der Waals surface area contributed by atoms with Crippen LogP contribution >= 0.6 is 59.1 Å². The number of aryl methyl sites for hydroxylation is 2. The quantitative estimate of drug-likeness (QED) is 0.536. The fourth-order valence-electron chi connectivity index (χ4n) is 2.19. The van der Waals surface area contributed by atoms with Crippen LogP contribution in [0.25, 0.3) is 0 Å². The maximum absolute atomic E-state index is 3.61. The van der Waals surface area contributed by atoms with Crippen molar-refractivity contribution >= 4 is 59.1 Å². The summed E-state index contributed by atoms with van der Waals surface area (Å²) in [4.78, 5) is 1.32. The Kier molecular flexibility index (Phi) is 5.88. The normalized spacial score (nSPS) is 12.7. The monoisotopic (exact) mass is 479 g/mol. The van der Waals surface area contributed by atoms with Crippen molar-refractivity contribution in [2.24, 2.45) is 0 Å². The van der Waals surface area contributed by atoms with Gasteiger partial charge in [0.05, 0.1) is 9.83 Å². The topological polar surface area (TPSA) is 12.0 Å². The standard InChI is InChI=1S/C15H16Br3NS/c1-4-19-14(13-7-12(17)15(18)20-13)10-5-9(3)11(16)6-8(10)2/h5-7,14,19H,4H2,1-3H3. The van der Waals surface area contributed by atoms with Crippen molar-refractivity contribution in [1.29, 1.82) is 0 Å². The van der Waals surface area contributed by atoms with Gasteiger partial charge in [-0.15, -0.1) is 11.3 Å².